The van der Waals surface area contributed by atoms with E-state index >= 15 is 0 Å². The molecule has 0 atom stereocenters. The van der Waals surface area contributed by atoms with Gasteiger partial charge in [-0.15, -0.1) is 0 Å². The maximum absolute atomic E-state index is 8.78. The van der Waals surface area contributed by atoms with Crippen molar-refractivity contribution >= 4 is 10.9 Å². The lowest BCUT2D eigenvalue weighted by Crippen LogP contribution is -1.97. The highest BCUT2D eigenvalue weighted by atomic mass is 16.2. The van der Waals surface area contributed by atoms with Crippen molar-refractivity contribution in [3.05, 3.63) is 30.0 Å². The van der Waals surface area contributed by atoms with E-state index in [2.05, 4.69) is 30.2 Å². The van der Waals surface area contributed by atoms with Crippen LogP contribution in [-0.2, 0) is 13.0 Å². The van der Waals surface area contributed by atoms with Crippen molar-refractivity contribution in [3.8, 4) is 0 Å². The van der Waals surface area contributed by atoms with Crippen molar-refractivity contribution in [1.29, 1.82) is 0 Å². The Morgan fingerprint density at radius 2 is 2.06 bits per heavy atom. The van der Waals surface area contributed by atoms with Crippen molar-refractivity contribution in [2.45, 2.75) is 32.7 Å². The molecule has 0 aliphatic heterocycles. The molecule has 0 saturated carbocycles. The fourth-order valence-electron chi connectivity index (χ4n) is 2.03. The molecule has 3 nitrogen and oxygen atoms in total. The minimum absolute atomic E-state index is 0.270. The average Bonchev–Trinajstić information content (AvgIpc) is 2.68. The van der Waals surface area contributed by atoms with Gasteiger partial charge in [-0.2, -0.15) is 5.10 Å². The fraction of sp³-hybridized carbons (Fsp3) is 0.462. The van der Waals surface area contributed by atoms with Crippen molar-refractivity contribution in [2.24, 2.45) is 0 Å². The first-order chi connectivity index (χ1) is 7.86. The summed E-state index contributed by atoms with van der Waals surface area (Å²) < 4.78 is 2.05. The van der Waals surface area contributed by atoms with Crippen LogP contribution < -0.4 is 0 Å². The average molecular weight is 218 g/mol. The van der Waals surface area contributed by atoms with Crippen LogP contribution in [0.1, 0.15) is 25.5 Å². The summed E-state index contributed by atoms with van der Waals surface area (Å²) in [7, 11) is 0. The molecule has 2 aromatic rings. The molecular weight excluding hydrogens is 200 g/mol. The van der Waals surface area contributed by atoms with Gasteiger partial charge in [0.15, 0.2) is 0 Å². The predicted molar refractivity (Wildman–Crippen MR) is 65.4 cm³/mol. The minimum atomic E-state index is 0.270. The third-order valence-corrected chi connectivity index (χ3v) is 2.86. The highest BCUT2D eigenvalue weighted by Gasteiger charge is 2.07. The molecule has 1 aromatic heterocycles. The number of fused-ring (bicyclic) bond motifs is 1. The Morgan fingerprint density at radius 1 is 1.25 bits per heavy atom. The third kappa shape index (κ3) is 2.09. The van der Waals surface area contributed by atoms with E-state index in [-0.39, 0.29) is 6.61 Å². The van der Waals surface area contributed by atoms with E-state index in [1.807, 2.05) is 10.7 Å². The number of nitrogens with zero attached hydrogens (tertiary/aromatic N) is 2. The van der Waals surface area contributed by atoms with Crippen LogP contribution in [0.4, 0.5) is 0 Å². The van der Waals surface area contributed by atoms with Gasteiger partial charge in [0.1, 0.15) is 0 Å². The molecule has 0 unspecified atom stereocenters. The normalized spacial score (nSPS) is 11.1. The lowest BCUT2D eigenvalue weighted by atomic mass is 10.1. The number of hydrogen-bond donors (Lipinski definition) is 1. The van der Waals surface area contributed by atoms with Gasteiger partial charge < -0.3 is 5.11 Å². The molecule has 16 heavy (non-hydrogen) atoms. The van der Waals surface area contributed by atoms with Crippen LogP contribution in [0.2, 0.25) is 0 Å². The lowest BCUT2D eigenvalue weighted by molar-refractivity contribution is 0.284. The number of hydrogen-bond acceptors (Lipinski definition) is 2. The number of benzene rings is 1. The van der Waals surface area contributed by atoms with Gasteiger partial charge in [-0.05, 0) is 32.3 Å². The van der Waals surface area contributed by atoms with Crippen LogP contribution in [0.25, 0.3) is 10.9 Å². The van der Waals surface area contributed by atoms with Crippen LogP contribution in [0.3, 0.4) is 0 Å². The summed E-state index contributed by atoms with van der Waals surface area (Å²) >= 11 is 0. The molecule has 0 saturated heterocycles. The zero-order valence-electron chi connectivity index (χ0n) is 9.69. The summed E-state index contributed by atoms with van der Waals surface area (Å²) in [6.45, 7) is 3.28. The van der Waals surface area contributed by atoms with E-state index in [1.54, 1.807) is 0 Å². The van der Waals surface area contributed by atoms with E-state index < -0.39 is 0 Å². The van der Waals surface area contributed by atoms with Crippen LogP contribution in [0.5, 0.6) is 0 Å². The van der Waals surface area contributed by atoms with Crippen LogP contribution >= 0.6 is 0 Å². The molecule has 1 aromatic carbocycles. The maximum atomic E-state index is 8.78. The second-order valence-electron chi connectivity index (χ2n) is 3.96. The summed E-state index contributed by atoms with van der Waals surface area (Å²) in [5.74, 6) is 0. The number of aliphatic hydroxyl groups excluding tert-OH is 1. The van der Waals surface area contributed by atoms with Gasteiger partial charge in [0, 0.05) is 18.5 Å². The van der Waals surface area contributed by atoms with Crippen molar-refractivity contribution in [1.82, 2.24) is 9.78 Å². The second-order valence-corrected chi connectivity index (χ2v) is 3.96. The summed E-state index contributed by atoms with van der Waals surface area (Å²) in [5, 5.41) is 14.7. The van der Waals surface area contributed by atoms with E-state index in [1.165, 1.54) is 10.9 Å². The van der Waals surface area contributed by atoms with Crippen LogP contribution in [-0.4, -0.2) is 21.5 Å². The number of unbranched alkanes of at least 4 members (excludes halogenated alkanes) is 1. The molecule has 0 spiro atoms. The van der Waals surface area contributed by atoms with Gasteiger partial charge in [0.25, 0.3) is 0 Å². The van der Waals surface area contributed by atoms with Crippen LogP contribution in [0, 0.1) is 0 Å². The maximum Gasteiger partial charge on any atom is 0.0703 e. The molecule has 2 rings (SSSR count). The van der Waals surface area contributed by atoms with Gasteiger partial charge in [-0.25, -0.2) is 0 Å². The molecule has 86 valence electrons. The van der Waals surface area contributed by atoms with Gasteiger partial charge in [-0.1, -0.05) is 18.2 Å². The molecule has 0 amide bonds. The van der Waals surface area contributed by atoms with E-state index in [0.29, 0.717) is 0 Å². The molecule has 0 aliphatic carbocycles. The lowest BCUT2D eigenvalue weighted by Gasteiger charge is -1.95. The number of aromatic nitrogens is 2. The first-order valence-corrected chi connectivity index (χ1v) is 5.92. The number of rotatable bonds is 5. The molecule has 1 heterocycles. The number of para-hydroxylation sites is 1. The zero-order chi connectivity index (χ0) is 11.4. The highest BCUT2D eigenvalue weighted by Crippen LogP contribution is 2.19. The Kier molecular flexibility index (Phi) is 3.57. The topological polar surface area (TPSA) is 38.0 Å². The smallest absolute Gasteiger partial charge is 0.0703 e. The minimum Gasteiger partial charge on any atom is -0.396 e. The third-order valence-electron chi connectivity index (χ3n) is 2.86. The van der Waals surface area contributed by atoms with Gasteiger partial charge in [0.05, 0.1) is 11.2 Å². The first-order valence-electron chi connectivity index (χ1n) is 5.92. The number of aliphatic hydroxyl groups is 1. The fourth-order valence-corrected chi connectivity index (χ4v) is 2.03. The van der Waals surface area contributed by atoms with Gasteiger partial charge >= 0.3 is 0 Å². The zero-order valence-corrected chi connectivity index (χ0v) is 9.69. The summed E-state index contributed by atoms with van der Waals surface area (Å²) in [6.07, 6.45) is 2.81. The summed E-state index contributed by atoms with van der Waals surface area (Å²) in [5.41, 5.74) is 2.37. The second kappa shape index (κ2) is 5.12. The Bertz CT molecular complexity index is 462. The SMILES string of the molecule is CCn1nc(CCCCO)c2ccccc21. The van der Waals surface area contributed by atoms with Crippen molar-refractivity contribution in [3.63, 3.8) is 0 Å². The number of aryl methyl sites for hydroxylation is 2. The molecule has 1 N–H and O–H groups in total. The van der Waals surface area contributed by atoms with Crippen molar-refractivity contribution in [2.75, 3.05) is 6.61 Å². The van der Waals surface area contributed by atoms with Crippen LogP contribution in [0.15, 0.2) is 24.3 Å². The van der Waals surface area contributed by atoms with E-state index in [4.69, 9.17) is 5.11 Å². The quantitative estimate of drug-likeness (QED) is 0.782. The van der Waals surface area contributed by atoms with Crippen molar-refractivity contribution < 1.29 is 5.11 Å². The van der Waals surface area contributed by atoms with E-state index in [0.717, 1.165) is 31.5 Å². The Hall–Kier alpha value is -1.35. The summed E-state index contributed by atoms with van der Waals surface area (Å²) in [4.78, 5) is 0. The molecule has 0 bridgehead atoms. The molecule has 0 radical (unpaired) electrons. The Labute approximate surface area is 95.7 Å². The Morgan fingerprint density at radius 3 is 2.81 bits per heavy atom. The molecule has 0 aliphatic rings. The Balaban J connectivity index is 2.30. The monoisotopic (exact) mass is 218 g/mol. The highest BCUT2D eigenvalue weighted by molar-refractivity contribution is 5.81. The first kappa shape index (κ1) is 11.1. The van der Waals surface area contributed by atoms with Gasteiger partial charge in [-0.3, -0.25) is 4.68 Å². The van der Waals surface area contributed by atoms with E-state index in [9.17, 15) is 0 Å². The molecule has 3 heteroatoms. The predicted octanol–water partition coefficient (Wildman–Crippen LogP) is 2.37. The molecule has 0 fully saturated rings. The summed E-state index contributed by atoms with van der Waals surface area (Å²) in [6, 6.07) is 8.34. The van der Waals surface area contributed by atoms with Gasteiger partial charge in [0.2, 0.25) is 0 Å². The standard InChI is InChI=1S/C13H18N2O/c1-2-15-13-9-4-3-7-11(13)12(14-15)8-5-6-10-16/h3-4,7,9,16H,2,5-6,8,10H2,1H3. The largest absolute Gasteiger partial charge is 0.396 e. The molecular formula is C13H18N2O.